The standard InChI is InChI=1S/C20H21ClN4O2/c21-16-5-6-17-18(10-16)27-20(24-17)25-8-2-4-14(13-25)9-19(26)23-12-15-3-1-7-22-11-15/h1,3,5-7,10-11,14H,2,4,8-9,12-13H2,(H,23,26). The zero-order valence-corrected chi connectivity index (χ0v) is 15.7. The first-order valence-corrected chi connectivity index (χ1v) is 9.52. The molecule has 6 nitrogen and oxygen atoms in total. The fourth-order valence-electron chi connectivity index (χ4n) is 3.46. The highest BCUT2D eigenvalue weighted by molar-refractivity contribution is 6.31. The summed E-state index contributed by atoms with van der Waals surface area (Å²) in [7, 11) is 0. The summed E-state index contributed by atoms with van der Waals surface area (Å²) in [5, 5.41) is 3.61. The maximum absolute atomic E-state index is 12.3. The molecule has 1 aromatic carbocycles. The van der Waals surface area contributed by atoms with E-state index in [2.05, 4.69) is 20.2 Å². The number of oxazole rings is 1. The number of carbonyl (C=O) groups excluding carboxylic acids is 1. The number of piperidine rings is 1. The van der Waals surface area contributed by atoms with Crippen LogP contribution < -0.4 is 10.2 Å². The van der Waals surface area contributed by atoms with Gasteiger partial charge in [-0.2, -0.15) is 4.98 Å². The van der Waals surface area contributed by atoms with Crippen molar-refractivity contribution in [3.8, 4) is 0 Å². The van der Waals surface area contributed by atoms with Gasteiger partial charge >= 0.3 is 0 Å². The van der Waals surface area contributed by atoms with E-state index in [4.69, 9.17) is 16.0 Å². The van der Waals surface area contributed by atoms with Crippen molar-refractivity contribution < 1.29 is 9.21 Å². The van der Waals surface area contributed by atoms with E-state index in [1.54, 1.807) is 18.5 Å². The van der Waals surface area contributed by atoms with Gasteiger partial charge in [0.05, 0.1) is 0 Å². The van der Waals surface area contributed by atoms with Crippen LogP contribution >= 0.6 is 11.6 Å². The van der Waals surface area contributed by atoms with Crippen LogP contribution in [0.4, 0.5) is 6.01 Å². The first kappa shape index (κ1) is 17.8. The van der Waals surface area contributed by atoms with E-state index < -0.39 is 0 Å². The third kappa shape index (κ3) is 4.39. The first-order chi connectivity index (χ1) is 13.2. The maximum atomic E-state index is 12.3. The summed E-state index contributed by atoms with van der Waals surface area (Å²) in [6.45, 7) is 2.16. The third-order valence-corrected chi connectivity index (χ3v) is 5.05. The van der Waals surface area contributed by atoms with Crippen molar-refractivity contribution in [3.63, 3.8) is 0 Å². The lowest BCUT2D eigenvalue weighted by Gasteiger charge is -2.31. The number of fused-ring (bicyclic) bond motifs is 1. The number of hydrogen-bond acceptors (Lipinski definition) is 5. The molecule has 1 amide bonds. The number of nitrogens with one attached hydrogen (secondary N) is 1. The smallest absolute Gasteiger partial charge is 0.298 e. The molecule has 27 heavy (non-hydrogen) atoms. The molecule has 0 saturated carbocycles. The van der Waals surface area contributed by atoms with E-state index in [0.29, 0.717) is 29.6 Å². The zero-order valence-electron chi connectivity index (χ0n) is 14.9. The largest absolute Gasteiger partial charge is 0.423 e. The second kappa shape index (κ2) is 7.96. The van der Waals surface area contributed by atoms with E-state index in [1.165, 1.54) is 0 Å². The Kier molecular flexibility index (Phi) is 5.25. The number of nitrogens with zero attached hydrogens (tertiary/aromatic N) is 3. The monoisotopic (exact) mass is 384 g/mol. The molecule has 0 radical (unpaired) electrons. The summed E-state index contributed by atoms with van der Waals surface area (Å²) in [6.07, 6.45) is 6.04. The summed E-state index contributed by atoms with van der Waals surface area (Å²) in [5.74, 6) is 0.348. The lowest BCUT2D eigenvalue weighted by Crippen LogP contribution is -2.38. The quantitative estimate of drug-likeness (QED) is 0.724. The van der Waals surface area contributed by atoms with Gasteiger partial charge in [0.25, 0.3) is 6.01 Å². The Bertz CT molecular complexity index is 928. The topological polar surface area (TPSA) is 71.3 Å². The highest BCUT2D eigenvalue weighted by atomic mass is 35.5. The summed E-state index contributed by atoms with van der Waals surface area (Å²) in [5.41, 5.74) is 2.49. The Labute approximate surface area is 162 Å². The lowest BCUT2D eigenvalue weighted by molar-refractivity contribution is -0.122. The SMILES string of the molecule is O=C(CC1CCCN(c2nc3ccc(Cl)cc3o2)C1)NCc1cccnc1. The number of aromatic nitrogens is 2. The molecule has 7 heteroatoms. The molecule has 0 spiro atoms. The van der Waals surface area contributed by atoms with E-state index >= 15 is 0 Å². The van der Waals surface area contributed by atoms with Gasteiger partial charge in [-0.1, -0.05) is 17.7 Å². The van der Waals surface area contributed by atoms with Crippen LogP contribution in [0.1, 0.15) is 24.8 Å². The first-order valence-electron chi connectivity index (χ1n) is 9.14. The van der Waals surface area contributed by atoms with Crippen molar-refractivity contribution in [1.82, 2.24) is 15.3 Å². The van der Waals surface area contributed by atoms with Crippen LogP contribution in [-0.2, 0) is 11.3 Å². The number of halogens is 1. The molecule has 1 unspecified atom stereocenters. The molecule has 140 valence electrons. The van der Waals surface area contributed by atoms with Gasteiger partial charge in [0.15, 0.2) is 5.58 Å². The van der Waals surface area contributed by atoms with Crippen LogP contribution in [0.25, 0.3) is 11.1 Å². The number of hydrogen-bond donors (Lipinski definition) is 1. The number of benzene rings is 1. The van der Waals surface area contributed by atoms with Crippen LogP contribution in [0.15, 0.2) is 47.1 Å². The van der Waals surface area contributed by atoms with Crippen molar-refractivity contribution in [2.45, 2.75) is 25.8 Å². The van der Waals surface area contributed by atoms with E-state index in [-0.39, 0.29) is 11.8 Å². The second-order valence-electron chi connectivity index (χ2n) is 6.90. The zero-order chi connectivity index (χ0) is 18.6. The van der Waals surface area contributed by atoms with Crippen LogP contribution in [-0.4, -0.2) is 29.0 Å². The highest BCUT2D eigenvalue weighted by Crippen LogP contribution is 2.28. The van der Waals surface area contributed by atoms with Crippen molar-refractivity contribution in [2.24, 2.45) is 5.92 Å². The normalized spacial score (nSPS) is 17.2. The average molecular weight is 385 g/mol. The van der Waals surface area contributed by atoms with Crippen LogP contribution in [0.3, 0.4) is 0 Å². The fourth-order valence-corrected chi connectivity index (χ4v) is 3.63. The minimum absolute atomic E-state index is 0.0649. The molecule has 1 fully saturated rings. The number of rotatable bonds is 5. The number of pyridine rings is 1. The molecule has 3 aromatic rings. The summed E-state index contributed by atoms with van der Waals surface area (Å²) in [4.78, 5) is 23.0. The van der Waals surface area contributed by atoms with Gasteiger partial charge in [0.2, 0.25) is 5.91 Å². The molecule has 0 bridgehead atoms. The van der Waals surface area contributed by atoms with Crippen LogP contribution in [0, 0.1) is 5.92 Å². The van der Waals surface area contributed by atoms with Gasteiger partial charge in [-0.3, -0.25) is 9.78 Å². The number of amides is 1. The Hall–Kier alpha value is -2.60. The van der Waals surface area contributed by atoms with Crippen molar-refractivity contribution >= 4 is 34.6 Å². The molecule has 1 N–H and O–H groups in total. The molecule has 2 aromatic heterocycles. The Morgan fingerprint density at radius 2 is 2.30 bits per heavy atom. The van der Waals surface area contributed by atoms with E-state index in [1.807, 2.05) is 24.3 Å². The van der Waals surface area contributed by atoms with Gasteiger partial charge in [0, 0.05) is 49.5 Å². The summed E-state index contributed by atoms with van der Waals surface area (Å²) < 4.78 is 5.87. The van der Waals surface area contributed by atoms with E-state index in [9.17, 15) is 4.79 Å². The van der Waals surface area contributed by atoms with Gasteiger partial charge in [-0.25, -0.2) is 0 Å². The molecule has 1 saturated heterocycles. The summed E-state index contributed by atoms with van der Waals surface area (Å²) in [6, 6.07) is 9.87. The van der Waals surface area contributed by atoms with Crippen molar-refractivity contribution in [2.75, 3.05) is 18.0 Å². The number of anilines is 1. The van der Waals surface area contributed by atoms with Crippen molar-refractivity contribution in [3.05, 3.63) is 53.3 Å². The third-order valence-electron chi connectivity index (χ3n) is 4.82. The second-order valence-corrected chi connectivity index (χ2v) is 7.34. The van der Waals surface area contributed by atoms with Gasteiger partial charge in [-0.05, 0) is 42.5 Å². The molecule has 1 atom stereocenters. The summed E-state index contributed by atoms with van der Waals surface area (Å²) >= 11 is 6.02. The molecule has 1 aliphatic heterocycles. The molecule has 1 aliphatic rings. The van der Waals surface area contributed by atoms with Crippen LogP contribution in [0.5, 0.6) is 0 Å². The van der Waals surface area contributed by atoms with Gasteiger partial charge in [0.1, 0.15) is 5.52 Å². The fraction of sp³-hybridized carbons (Fsp3) is 0.350. The molecular weight excluding hydrogens is 364 g/mol. The Balaban J connectivity index is 1.35. The van der Waals surface area contributed by atoms with Crippen molar-refractivity contribution in [1.29, 1.82) is 0 Å². The maximum Gasteiger partial charge on any atom is 0.298 e. The molecular formula is C20H21ClN4O2. The van der Waals surface area contributed by atoms with Crippen LogP contribution in [0.2, 0.25) is 5.02 Å². The number of carbonyl (C=O) groups is 1. The van der Waals surface area contributed by atoms with Gasteiger partial charge in [-0.15, -0.1) is 0 Å². The van der Waals surface area contributed by atoms with E-state index in [0.717, 1.165) is 37.0 Å². The Morgan fingerprint density at radius 3 is 3.15 bits per heavy atom. The highest BCUT2D eigenvalue weighted by Gasteiger charge is 2.25. The Morgan fingerprint density at radius 1 is 1.37 bits per heavy atom. The minimum atomic E-state index is 0.0649. The minimum Gasteiger partial charge on any atom is -0.423 e. The predicted molar refractivity (Wildman–Crippen MR) is 105 cm³/mol. The average Bonchev–Trinajstić information content (AvgIpc) is 3.11. The van der Waals surface area contributed by atoms with Gasteiger partial charge < -0.3 is 14.6 Å². The predicted octanol–water partition coefficient (Wildman–Crippen LogP) is 3.80. The molecule has 4 rings (SSSR count). The molecule has 0 aliphatic carbocycles. The lowest BCUT2D eigenvalue weighted by atomic mass is 9.94. The molecule has 3 heterocycles.